The fourth-order valence-corrected chi connectivity index (χ4v) is 4.77. The molecule has 0 aromatic carbocycles. The third-order valence-corrected chi connectivity index (χ3v) is 11.7. The summed E-state index contributed by atoms with van der Waals surface area (Å²) in [5.41, 5.74) is 0. The highest BCUT2D eigenvalue weighted by atomic mass is 32.2. The minimum atomic E-state index is -3.60. The van der Waals surface area contributed by atoms with Crippen molar-refractivity contribution >= 4 is 18.4 Å². The predicted octanol–water partition coefficient (Wildman–Crippen LogP) is 3.44. The van der Waals surface area contributed by atoms with Gasteiger partial charge < -0.3 is 9.53 Å². The van der Waals surface area contributed by atoms with Gasteiger partial charge in [0.15, 0.2) is 8.32 Å². The first-order valence-electron chi connectivity index (χ1n) is 8.58. The van der Waals surface area contributed by atoms with E-state index in [2.05, 4.69) is 33.9 Å². The van der Waals surface area contributed by atoms with E-state index in [9.17, 15) is 13.5 Å². The molecule has 0 unspecified atom stereocenters. The number of rotatable bonds is 10. The average molecular weight is 367 g/mol. The van der Waals surface area contributed by atoms with Gasteiger partial charge in [-0.25, -0.2) is 0 Å². The molecule has 23 heavy (non-hydrogen) atoms. The molecular weight excluding hydrogens is 332 g/mol. The van der Waals surface area contributed by atoms with Gasteiger partial charge in [-0.2, -0.15) is 8.42 Å². The maximum absolute atomic E-state index is 12.3. The van der Waals surface area contributed by atoms with Crippen LogP contribution in [0.15, 0.2) is 0 Å². The lowest BCUT2D eigenvalue weighted by atomic mass is 10.2. The molecular formula is C16H34O5SSi. The Bertz CT molecular complexity index is 477. The highest BCUT2D eigenvalue weighted by molar-refractivity contribution is 7.88. The van der Waals surface area contributed by atoms with Gasteiger partial charge in [0.2, 0.25) is 0 Å². The van der Waals surface area contributed by atoms with Crippen LogP contribution in [0, 0.1) is 0 Å². The van der Waals surface area contributed by atoms with E-state index in [1.807, 2.05) is 6.92 Å². The summed E-state index contributed by atoms with van der Waals surface area (Å²) < 4.78 is 34.9. The molecule has 0 spiro atoms. The third-order valence-electron chi connectivity index (χ3n) is 5.12. The fourth-order valence-electron chi connectivity index (χ4n) is 2.14. The Morgan fingerprint density at radius 3 is 2.26 bits per heavy atom. The molecule has 0 aromatic rings. The van der Waals surface area contributed by atoms with Crippen LogP contribution >= 0.6 is 0 Å². The molecule has 0 radical (unpaired) electrons. The summed E-state index contributed by atoms with van der Waals surface area (Å²) in [5, 5.41) is 10.3. The van der Waals surface area contributed by atoms with E-state index < -0.39 is 29.3 Å². The molecule has 1 rings (SSSR count). The summed E-state index contributed by atoms with van der Waals surface area (Å²) in [7, 11) is -5.54. The lowest BCUT2D eigenvalue weighted by Gasteiger charge is -2.37. The smallest absolute Gasteiger partial charge is 0.273 e. The predicted molar refractivity (Wildman–Crippen MR) is 95.5 cm³/mol. The second-order valence-corrected chi connectivity index (χ2v) is 15.1. The van der Waals surface area contributed by atoms with Crippen LogP contribution in [0.5, 0.6) is 0 Å². The summed E-state index contributed by atoms with van der Waals surface area (Å²) in [6.45, 7) is 13.1. The Morgan fingerprint density at radius 2 is 1.83 bits per heavy atom. The summed E-state index contributed by atoms with van der Waals surface area (Å²) >= 11 is 0. The van der Waals surface area contributed by atoms with Crippen molar-refractivity contribution < 1.29 is 22.1 Å². The van der Waals surface area contributed by atoms with Gasteiger partial charge >= 0.3 is 0 Å². The Hall–Kier alpha value is 0.0469. The van der Waals surface area contributed by atoms with Gasteiger partial charge in [-0.3, -0.25) is 4.18 Å². The minimum absolute atomic E-state index is 0.0688. The van der Waals surface area contributed by atoms with E-state index in [0.29, 0.717) is 12.8 Å². The second-order valence-electron chi connectivity index (χ2n) is 8.24. The first kappa shape index (κ1) is 21.1. The normalized spacial score (nSPS) is 19.6. The monoisotopic (exact) mass is 366 g/mol. The molecule has 1 N–H and O–H groups in total. The highest BCUT2D eigenvalue weighted by Crippen LogP contribution is 2.48. The van der Waals surface area contributed by atoms with Gasteiger partial charge in [0, 0.05) is 0 Å². The molecule has 1 saturated carbocycles. The van der Waals surface area contributed by atoms with Crippen LogP contribution in [0.4, 0.5) is 0 Å². The standard InChI is InChI=1S/C16H34O5SSi/c1-7-8-11-20-22(18,19)16(9-10-16)12-14(17)13-21-23(5,6)15(2,3)4/h14,17H,7-13H2,1-6H3/t14-/m1/s1. The summed E-state index contributed by atoms with van der Waals surface area (Å²) in [5.74, 6) is 0. The van der Waals surface area contributed by atoms with Gasteiger partial charge in [-0.15, -0.1) is 0 Å². The van der Waals surface area contributed by atoms with Gasteiger partial charge in [0.05, 0.1) is 19.3 Å². The number of hydrogen-bond donors (Lipinski definition) is 1. The number of aliphatic hydroxyl groups is 1. The Labute approximate surface area is 143 Å². The van der Waals surface area contributed by atoms with Crippen molar-refractivity contribution in [3.63, 3.8) is 0 Å². The van der Waals surface area contributed by atoms with E-state index in [4.69, 9.17) is 8.61 Å². The molecule has 1 fully saturated rings. The Balaban J connectivity index is 2.55. The second kappa shape index (κ2) is 7.52. The van der Waals surface area contributed by atoms with E-state index in [1.54, 1.807) is 0 Å². The zero-order valence-electron chi connectivity index (χ0n) is 15.5. The number of aliphatic hydroxyl groups excluding tert-OH is 1. The molecule has 0 bridgehead atoms. The number of hydrogen-bond acceptors (Lipinski definition) is 5. The zero-order chi connectivity index (χ0) is 17.9. The minimum Gasteiger partial charge on any atom is -0.414 e. The van der Waals surface area contributed by atoms with E-state index in [1.165, 1.54) is 0 Å². The number of unbranched alkanes of at least 4 members (excludes halogenated alkanes) is 1. The topological polar surface area (TPSA) is 72.8 Å². The lowest BCUT2D eigenvalue weighted by molar-refractivity contribution is 0.0891. The Kier molecular flexibility index (Phi) is 6.89. The van der Waals surface area contributed by atoms with Gasteiger partial charge in [-0.1, -0.05) is 34.1 Å². The maximum Gasteiger partial charge on any atom is 0.273 e. The van der Waals surface area contributed by atoms with Crippen LogP contribution in [-0.2, 0) is 18.7 Å². The van der Waals surface area contributed by atoms with Crippen molar-refractivity contribution in [1.82, 2.24) is 0 Å². The molecule has 0 aromatic heterocycles. The van der Waals surface area contributed by atoms with Crippen LogP contribution in [0.25, 0.3) is 0 Å². The molecule has 0 heterocycles. The molecule has 1 aliphatic rings. The van der Waals surface area contributed by atoms with Gasteiger partial charge in [0.1, 0.15) is 4.75 Å². The summed E-state index contributed by atoms with van der Waals surface area (Å²) in [6.07, 6.45) is 2.20. The van der Waals surface area contributed by atoms with E-state index in [0.717, 1.165) is 12.8 Å². The Morgan fingerprint density at radius 1 is 1.26 bits per heavy atom. The van der Waals surface area contributed by atoms with Gasteiger partial charge in [0.25, 0.3) is 10.1 Å². The van der Waals surface area contributed by atoms with E-state index in [-0.39, 0.29) is 24.7 Å². The molecule has 7 heteroatoms. The average Bonchev–Trinajstić information content (AvgIpc) is 3.17. The van der Waals surface area contributed by atoms with Crippen LogP contribution in [-0.4, -0.2) is 45.9 Å². The largest absolute Gasteiger partial charge is 0.414 e. The molecule has 1 atom stereocenters. The van der Waals surface area contributed by atoms with Crippen molar-refractivity contribution in [2.45, 2.75) is 88.8 Å². The highest BCUT2D eigenvalue weighted by Gasteiger charge is 2.56. The molecule has 0 amide bonds. The molecule has 0 aliphatic heterocycles. The summed E-state index contributed by atoms with van der Waals surface area (Å²) in [6, 6.07) is 0. The van der Waals surface area contributed by atoms with Crippen molar-refractivity contribution in [1.29, 1.82) is 0 Å². The molecule has 5 nitrogen and oxygen atoms in total. The van der Waals surface area contributed by atoms with Gasteiger partial charge in [-0.05, 0) is 43.8 Å². The summed E-state index contributed by atoms with van der Waals surface area (Å²) in [4.78, 5) is 0. The fraction of sp³-hybridized carbons (Fsp3) is 1.00. The van der Waals surface area contributed by atoms with Crippen molar-refractivity contribution in [3.05, 3.63) is 0 Å². The van der Waals surface area contributed by atoms with Crippen molar-refractivity contribution in [2.75, 3.05) is 13.2 Å². The van der Waals surface area contributed by atoms with Crippen molar-refractivity contribution in [3.8, 4) is 0 Å². The molecule has 0 saturated heterocycles. The maximum atomic E-state index is 12.3. The zero-order valence-corrected chi connectivity index (χ0v) is 17.3. The van der Waals surface area contributed by atoms with Crippen LogP contribution in [0.2, 0.25) is 18.1 Å². The third kappa shape index (κ3) is 5.52. The van der Waals surface area contributed by atoms with Crippen molar-refractivity contribution in [2.24, 2.45) is 0 Å². The van der Waals surface area contributed by atoms with Crippen LogP contribution in [0.1, 0.15) is 59.8 Å². The van der Waals surface area contributed by atoms with E-state index >= 15 is 0 Å². The SMILES string of the molecule is CCCCOS(=O)(=O)C1(C[C@@H](O)CO[Si](C)(C)C(C)(C)C)CC1. The van der Waals surface area contributed by atoms with Crippen LogP contribution in [0.3, 0.4) is 0 Å². The molecule has 138 valence electrons. The van der Waals surface area contributed by atoms with Crippen LogP contribution < -0.4 is 0 Å². The lowest BCUT2D eigenvalue weighted by Crippen LogP contribution is -2.43. The first-order chi connectivity index (χ1) is 10.4. The molecule has 1 aliphatic carbocycles. The first-order valence-corrected chi connectivity index (χ1v) is 12.9. The quantitative estimate of drug-likeness (QED) is 0.364.